The first-order chi connectivity index (χ1) is 10.2. The smallest absolute Gasteiger partial charge is 0.255 e. The molecule has 0 fully saturated rings. The van der Waals surface area contributed by atoms with Crippen LogP contribution in [-0.2, 0) is 6.54 Å². The molecule has 1 aromatic heterocycles. The summed E-state index contributed by atoms with van der Waals surface area (Å²) < 4.78 is 1.88. The molecule has 0 saturated carbocycles. The van der Waals surface area contributed by atoms with Crippen LogP contribution in [0, 0.1) is 0 Å². The predicted octanol–water partition coefficient (Wildman–Crippen LogP) is 2.17. The monoisotopic (exact) mass is 281 g/mol. The number of amides is 1. The Kier molecular flexibility index (Phi) is 3.55. The largest absolute Gasteiger partial charge is 0.507 e. The van der Waals surface area contributed by atoms with Gasteiger partial charge < -0.3 is 15.0 Å². The summed E-state index contributed by atoms with van der Waals surface area (Å²) in [6.07, 6.45) is 5.22. The number of carbonyl (C=O) groups is 1. The maximum Gasteiger partial charge on any atom is 0.255 e. The topological polar surface area (TPSA) is 67.2 Å². The molecule has 3 aromatic rings. The Bertz CT molecular complexity index is 766. The number of aromatic nitrogens is 2. The molecule has 0 unspecified atom stereocenters. The van der Waals surface area contributed by atoms with Crippen LogP contribution >= 0.6 is 0 Å². The summed E-state index contributed by atoms with van der Waals surface area (Å²) >= 11 is 0. The van der Waals surface area contributed by atoms with E-state index < -0.39 is 0 Å². The van der Waals surface area contributed by atoms with Gasteiger partial charge in [-0.2, -0.15) is 0 Å². The molecular weight excluding hydrogens is 266 g/mol. The van der Waals surface area contributed by atoms with Gasteiger partial charge in [0.1, 0.15) is 5.75 Å². The van der Waals surface area contributed by atoms with Crippen molar-refractivity contribution < 1.29 is 9.90 Å². The van der Waals surface area contributed by atoms with E-state index in [-0.39, 0.29) is 11.7 Å². The Morgan fingerprint density at radius 3 is 2.71 bits per heavy atom. The third-order valence-corrected chi connectivity index (χ3v) is 3.32. The van der Waals surface area contributed by atoms with Gasteiger partial charge in [-0.15, -0.1) is 0 Å². The minimum Gasteiger partial charge on any atom is -0.507 e. The molecule has 5 nitrogen and oxygen atoms in total. The maximum absolute atomic E-state index is 12.1. The average Bonchev–Trinajstić information content (AvgIpc) is 2.99. The number of phenolic OH excluding ortho intramolecular Hbond substituents is 1. The highest BCUT2D eigenvalue weighted by Crippen LogP contribution is 2.24. The lowest BCUT2D eigenvalue weighted by Gasteiger charge is -2.08. The standard InChI is InChI=1S/C16H15N3O2/c20-15-10-13-4-2-1-3-12(13)9-14(15)16(21)18-6-8-19-7-5-17-11-19/h1-5,7,9-11,20H,6,8H2,(H,18,21). The van der Waals surface area contributed by atoms with Crippen molar-refractivity contribution >= 4 is 16.7 Å². The molecule has 0 saturated heterocycles. The van der Waals surface area contributed by atoms with E-state index in [1.54, 1.807) is 24.7 Å². The summed E-state index contributed by atoms with van der Waals surface area (Å²) in [6, 6.07) is 10.9. The molecule has 0 bridgehead atoms. The summed E-state index contributed by atoms with van der Waals surface area (Å²) in [5.41, 5.74) is 0.291. The second kappa shape index (κ2) is 5.66. The fraction of sp³-hybridized carbons (Fsp3) is 0.125. The van der Waals surface area contributed by atoms with Crippen molar-refractivity contribution in [3.63, 3.8) is 0 Å². The molecule has 0 aliphatic heterocycles. The van der Waals surface area contributed by atoms with Crippen molar-refractivity contribution in [2.75, 3.05) is 6.54 Å². The number of rotatable bonds is 4. The lowest BCUT2D eigenvalue weighted by molar-refractivity contribution is 0.0950. The van der Waals surface area contributed by atoms with E-state index in [2.05, 4.69) is 10.3 Å². The van der Waals surface area contributed by atoms with Crippen LogP contribution in [0.5, 0.6) is 5.75 Å². The molecule has 1 heterocycles. The van der Waals surface area contributed by atoms with Crippen LogP contribution < -0.4 is 5.32 Å². The Morgan fingerprint density at radius 2 is 2.00 bits per heavy atom. The highest BCUT2D eigenvalue weighted by atomic mass is 16.3. The third-order valence-electron chi connectivity index (χ3n) is 3.32. The van der Waals surface area contributed by atoms with Crippen LogP contribution in [-0.4, -0.2) is 27.1 Å². The minimum absolute atomic E-state index is 0.00571. The zero-order valence-corrected chi connectivity index (χ0v) is 11.4. The van der Waals surface area contributed by atoms with E-state index in [9.17, 15) is 9.90 Å². The summed E-state index contributed by atoms with van der Waals surface area (Å²) in [7, 11) is 0. The van der Waals surface area contributed by atoms with Crippen molar-refractivity contribution in [2.24, 2.45) is 0 Å². The SMILES string of the molecule is O=C(NCCn1ccnc1)c1cc2ccccc2cc1O. The summed E-state index contributed by atoms with van der Waals surface area (Å²) in [5.74, 6) is -0.285. The first kappa shape index (κ1) is 13.2. The van der Waals surface area contributed by atoms with E-state index in [1.807, 2.05) is 35.0 Å². The highest BCUT2D eigenvalue weighted by Gasteiger charge is 2.11. The van der Waals surface area contributed by atoms with Gasteiger partial charge in [-0.1, -0.05) is 24.3 Å². The van der Waals surface area contributed by atoms with Crippen LogP contribution in [0.4, 0.5) is 0 Å². The summed E-state index contributed by atoms with van der Waals surface area (Å²) in [4.78, 5) is 16.1. The number of hydrogen-bond donors (Lipinski definition) is 2. The molecule has 2 aromatic carbocycles. The lowest BCUT2D eigenvalue weighted by atomic mass is 10.1. The Morgan fingerprint density at radius 1 is 1.24 bits per heavy atom. The summed E-state index contributed by atoms with van der Waals surface area (Å²) in [6.45, 7) is 1.11. The number of imidazole rings is 1. The molecule has 3 rings (SSSR count). The van der Waals surface area contributed by atoms with Crippen LogP contribution in [0.15, 0.2) is 55.1 Å². The molecule has 21 heavy (non-hydrogen) atoms. The number of carbonyl (C=O) groups excluding carboxylic acids is 1. The Balaban J connectivity index is 1.73. The van der Waals surface area contributed by atoms with Crippen LogP contribution in [0.1, 0.15) is 10.4 Å². The third kappa shape index (κ3) is 2.86. The van der Waals surface area contributed by atoms with Crippen molar-refractivity contribution in [3.8, 4) is 5.75 Å². The van der Waals surface area contributed by atoms with Crippen molar-refractivity contribution in [2.45, 2.75) is 6.54 Å². The normalized spacial score (nSPS) is 10.7. The number of aromatic hydroxyl groups is 1. The van der Waals surface area contributed by atoms with Crippen LogP contribution in [0.25, 0.3) is 10.8 Å². The van der Waals surface area contributed by atoms with Gasteiger partial charge in [0.25, 0.3) is 5.91 Å². The van der Waals surface area contributed by atoms with E-state index >= 15 is 0 Å². The number of fused-ring (bicyclic) bond motifs is 1. The van der Waals surface area contributed by atoms with E-state index in [1.165, 1.54) is 0 Å². The zero-order chi connectivity index (χ0) is 14.7. The van der Waals surface area contributed by atoms with E-state index in [4.69, 9.17) is 0 Å². The Hall–Kier alpha value is -2.82. The van der Waals surface area contributed by atoms with Crippen LogP contribution in [0.2, 0.25) is 0 Å². The van der Waals surface area contributed by atoms with Gasteiger partial charge in [-0.05, 0) is 22.9 Å². The van der Waals surface area contributed by atoms with Crippen molar-refractivity contribution in [3.05, 3.63) is 60.7 Å². The van der Waals surface area contributed by atoms with Gasteiger partial charge in [0, 0.05) is 25.5 Å². The van der Waals surface area contributed by atoms with Gasteiger partial charge in [-0.25, -0.2) is 4.98 Å². The Labute approximate surface area is 121 Å². The number of benzene rings is 2. The zero-order valence-electron chi connectivity index (χ0n) is 11.4. The highest BCUT2D eigenvalue weighted by molar-refractivity contribution is 6.01. The molecule has 106 valence electrons. The van der Waals surface area contributed by atoms with Gasteiger partial charge in [-0.3, -0.25) is 4.79 Å². The lowest BCUT2D eigenvalue weighted by Crippen LogP contribution is -2.27. The summed E-state index contributed by atoms with van der Waals surface area (Å²) in [5, 5.41) is 14.6. The molecule has 0 radical (unpaired) electrons. The molecule has 1 amide bonds. The molecule has 0 aliphatic rings. The van der Waals surface area contributed by atoms with Gasteiger partial charge in [0.05, 0.1) is 11.9 Å². The molecule has 0 spiro atoms. The quantitative estimate of drug-likeness (QED) is 0.770. The number of phenols is 1. The molecule has 2 N–H and O–H groups in total. The first-order valence-electron chi connectivity index (χ1n) is 6.70. The second-order valence-electron chi connectivity index (χ2n) is 4.77. The predicted molar refractivity (Wildman–Crippen MR) is 80.2 cm³/mol. The van der Waals surface area contributed by atoms with E-state index in [0.717, 1.165) is 10.8 Å². The van der Waals surface area contributed by atoms with Crippen LogP contribution in [0.3, 0.4) is 0 Å². The van der Waals surface area contributed by atoms with Gasteiger partial charge >= 0.3 is 0 Å². The molecule has 0 atom stereocenters. The second-order valence-corrected chi connectivity index (χ2v) is 4.77. The van der Waals surface area contributed by atoms with Crippen molar-refractivity contribution in [1.29, 1.82) is 0 Å². The van der Waals surface area contributed by atoms with Crippen molar-refractivity contribution in [1.82, 2.24) is 14.9 Å². The minimum atomic E-state index is -0.279. The number of hydrogen-bond acceptors (Lipinski definition) is 3. The first-order valence-corrected chi connectivity index (χ1v) is 6.70. The fourth-order valence-electron chi connectivity index (χ4n) is 2.22. The van der Waals surface area contributed by atoms with E-state index in [0.29, 0.717) is 18.7 Å². The average molecular weight is 281 g/mol. The fourth-order valence-corrected chi connectivity index (χ4v) is 2.22. The molecule has 0 aliphatic carbocycles. The maximum atomic E-state index is 12.1. The van der Waals surface area contributed by atoms with Gasteiger partial charge in [0.2, 0.25) is 0 Å². The molecule has 5 heteroatoms. The number of nitrogens with zero attached hydrogens (tertiary/aromatic N) is 2. The van der Waals surface area contributed by atoms with Gasteiger partial charge in [0.15, 0.2) is 0 Å². The molecular formula is C16H15N3O2. The number of nitrogens with one attached hydrogen (secondary N) is 1.